The third-order valence-corrected chi connectivity index (χ3v) is 3.09. The van der Waals surface area contributed by atoms with Crippen LogP contribution in [0.25, 0.3) is 0 Å². The van der Waals surface area contributed by atoms with Gasteiger partial charge in [-0.1, -0.05) is 11.6 Å². The molecule has 0 bridgehead atoms. The Kier molecular flexibility index (Phi) is 4.49. The van der Waals surface area contributed by atoms with Gasteiger partial charge in [-0.05, 0) is 12.1 Å². The molecule has 1 aromatic heterocycles. The fourth-order valence-corrected chi connectivity index (χ4v) is 2.02. The molecule has 21 heavy (non-hydrogen) atoms. The van der Waals surface area contributed by atoms with E-state index in [0.717, 1.165) is 0 Å². The van der Waals surface area contributed by atoms with Crippen LogP contribution in [0, 0.1) is 0 Å². The van der Waals surface area contributed by atoms with Gasteiger partial charge in [0.1, 0.15) is 11.5 Å². The average Bonchev–Trinajstić information content (AvgIpc) is 2.48. The third-order valence-electron chi connectivity index (χ3n) is 2.79. The highest BCUT2D eigenvalue weighted by molar-refractivity contribution is 6.32. The van der Waals surface area contributed by atoms with Gasteiger partial charge in [-0.3, -0.25) is 4.98 Å². The summed E-state index contributed by atoms with van der Waals surface area (Å²) in [4.78, 5) is 15.1. The minimum absolute atomic E-state index is 0.0963. The summed E-state index contributed by atoms with van der Waals surface area (Å²) >= 11 is 6.07. The molecule has 0 aliphatic carbocycles. The van der Waals surface area contributed by atoms with Gasteiger partial charge >= 0.3 is 5.97 Å². The lowest BCUT2D eigenvalue weighted by Gasteiger charge is -2.14. The number of aromatic nitrogens is 1. The molecule has 0 atom stereocenters. The van der Waals surface area contributed by atoms with Gasteiger partial charge in [0.2, 0.25) is 0 Å². The molecule has 0 spiro atoms. The summed E-state index contributed by atoms with van der Waals surface area (Å²) in [6.07, 6.45) is 2.83. The summed E-state index contributed by atoms with van der Waals surface area (Å²) in [6.45, 7) is 0. The van der Waals surface area contributed by atoms with Crippen molar-refractivity contribution in [1.29, 1.82) is 0 Å². The van der Waals surface area contributed by atoms with Gasteiger partial charge in [0.15, 0.2) is 0 Å². The van der Waals surface area contributed by atoms with Gasteiger partial charge in [-0.2, -0.15) is 0 Å². The van der Waals surface area contributed by atoms with Gasteiger partial charge in [-0.15, -0.1) is 0 Å². The first-order chi connectivity index (χ1) is 10.1. The fourth-order valence-electron chi connectivity index (χ4n) is 1.78. The maximum atomic E-state index is 11.2. The Morgan fingerprint density at radius 1 is 1.24 bits per heavy atom. The summed E-state index contributed by atoms with van der Waals surface area (Å²) < 4.78 is 10.4. The zero-order valence-electron chi connectivity index (χ0n) is 11.4. The van der Waals surface area contributed by atoms with E-state index in [2.05, 4.69) is 10.3 Å². The number of hydrogen-bond donors (Lipinski definition) is 2. The number of hydrogen-bond acceptors (Lipinski definition) is 5. The molecule has 0 amide bonds. The Morgan fingerprint density at radius 2 is 1.95 bits per heavy atom. The van der Waals surface area contributed by atoms with Crippen molar-refractivity contribution in [1.82, 2.24) is 4.98 Å². The molecular weight excluding hydrogens is 296 g/mol. The van der Waals surface area contributed by atoms with Crippen molar-refractivity contribution in [3.8, 4) is 11.5 Å². The van der Waals surface area contributed by atoms with Crippen molar-refractivity contribution in [2.75, 3.05) is 19.5 Å². The number of halogens is 1. The Bertz CT molecular complexity index is 676. The summed E-state index contributed by atoms with van der Waals surface area (Å²) in [6, 6.07) is 4.61. The van der Waals surface area contributed by atoms with Gasteiger partial charge in [-0.25, -0.2) is 4.79 Å². The van der Waals surface area contributed by atoms with Gasteiger partial charge in [0.25, 0.3) is 0 Å². The van der Waals surface area contributed by atoms with Crippen LogP contribution in [0.4, 0.5) is 11.4 Å². The van der Waals surface area contributed by atoms with Crippen molar-refractivity contribution in [2.45, 2.75) is 0 Å². The second-order valence-corrected chi connectivity index (χ2v) is 4.45. The van der Waals surface area contributed by atoms with Crippen LogP contribution >= 0.6 is 11.6 Å². The Hall–Kier alpha value is -2.47. The normalized spacial score (nSPS) is 10.0. The SMILES string of the molecule is COc1cc(OC)c(Nc2cnccc2C(=O)O)cc1Cl. The first-order valence-corrected chi connectivity index (χ1v) is 6.30. The number of pyridine rings is 1. The number of methoxy groups -OCH3 is 2. The van der Waals surface area contributed by atoms with Gasteiger partial charge < -0.3 is 19.9 Å². The van der Waals surface area contributed by atoms with Crippen LogP contribution in [0.1, 0.15) is 10.4 Å². The lowest BCUT2D eigenvalue weighted by molar-refractivity contribution is 0.0698. The van der Waals surface area contributed by atoms with Crippen LogP contribution in [0.5, 0.6) is 11.5 Å². The predicted octanol–water partition coefficient (Wildman–Crippen LogP) is 3.19. The number of nitrogens with one attached hydrogen (secondary N) is 1. The molecule has 2 aromatic rings. The standard InChI is InChI=1S/C14H13ClN2O4/c1-20-12-6-13(21-2)10(5-9(12)15)17-11-7-16-4-3-8(11)14(18)19/h3-7,17H,1-2H3,(H,18,19). The number of carboxylic acid groups (broad SMARTS) is 1. The molecule has 2 rings (SSSR count). The molecule has 2 N–H and O–H groups in total. The monoisotopic (exact) mass is 308 g/mol. The topological polar surface area (TPSA) is 80.7 Å². The molecule has 0 saturated heterocycles. The minimum atomic E-state index is -1.06. The molecule has 6 nitrogen and oxygen atoms in total. The average molecular weight is 309 g/mol. The van der Waals surface area contributed by atoms with Crippen LogP contribution in [-0.2, 0) is 0 Å². The summed E-state index contributed by atoms with van der Waals surface area (Å²) in [5.41, 5.74) is 0.947. The predicted molar refractivity (Wildman–Crippen MR) is 79.0 cm³/mol. The van der Waals surface area contributed by atoms with Crippen molar-refractivity contribution in [2.24, 2.45) is 0 Å². The minimum Gasteiger partial charge on any atom is -0.495 e. The number of carboxylic acids is 1. The summed E-state index contributed by atoms with van der Waals surface area (Å²) in [5.74, 6) is -0.126. The maximum Gasteiger partial charge on any atom is 0.337 e. The highest BCUT2D eigenvalue weighted by Gasteiger charge is 2.14. The van der Waals surface area contributed by atoms with E-state index in [-0.39, 0.29) is 5.56 Å². The van der Waals surface area contributed by atoms with E-state index >= 15 is 0 Å². The van der Waals surface area contributed by atoms with E-state index in [9.17, 15) is 4.79 Å². The van der Waals surface area contributed by atoms with E-state index in [1.165, 1.54) is 32.7 Å². The van der Waals surface area contributed by atoms with Crippen molar-refractivity contribution in [3.05, 3.63) is 41.2 Å². The molecule has 1 heterocycles. The van der Waals surface area contributed by atoms with E-state index in [4.69, 9.17) is 26.2 Å². The molecule has 0 fully saturated rings. The van der Waals surface area contributed by atoms with E-state index in [1.807, 2.05) is 0 Å². The van der Waals surface area contributed by atoms with Gasteiger partial charge in [0.05, 0.1) is 42.4 Å². The van der Waals surface area contributed by atoms with E-state index < -0.39 is 5.97 Å². The fraction of sp³-hybridized carbons (Fsp3) is 0.143. The third kappa shape index (κ3) is 3.17. The molecule has 0 aliphatic heterocycles. The van der Waals surface area contributed by atoms with E-state index in [1.54, 1.807) is 12.1 Å². The lowest BCUT2D eigenvalue weighted by Crippen LogP contribution is -2.04. The molecule has 0 saturated carbocycles. The van der Waals surface area contributed by atoms with Crippen LogP contribution in [-0.4, -0.2) is 30.3 Å². The number of anilines is 2. The molecule has 0 unspecified atom stereocenters. The van der Waals surface area contributed by atoms with Crippen molar-refractivity contribution < 1.29 is 19.4 Å². The largest absolute Gasteiger partial charge is 0.495 e. The zero-order valence-corrected chi connectivity index (χ0v) is 12.1. The molecule has 7 heteroatoms. The maximum absolute atomic E-state index is 11.2. The molecule has 1 aromatic carbocycles. The second-order valence-electron chi connectivity index (χ2n) is 4.04. The molecule has 0 radical (unpaired) electrons. The Morgan fingerprint density at radius 3 is 2.57 bits per heavy atom. The van der Waals surface area contributed by atoms with Crippen molar-refractivity contribution >= 4 is 28.9 Å². The molecule has 110 valence electrons. The highest BCUT2D eigenvalue weighted by atomic mass is 35.5. The summed E-state index contributed by atoms with van der Waals surface area (Å²) in [7, 11) is 2.99. The first-order valence-electron chi connectivity index (χ1n) is 5.92. The lowest BCUT2D eigenvalue weighted by atomic mass is 10.2. The first kappa shape index (κ1) is 14.9. The molecule has 0 aliphatic rings. The number of nitrogens with zero attached hydrogens (tertiary/aromatic N) is 1. The van der Waals surface area contributed by atoms with Crippen LogP contribution in [0.15, 0.2) is 30.6 Å². The Balaban J connectivity index is 2.44. The van der Waals surface area contributed by atoms with Crippen LogP contribution in [0.2, 0.25) is 5.02 Å². The smallest absolute Gasteiger partial charge is 0.337 e. The number of rotatable bonds is 5. The number of benzene rings is 1. The number of carbonyl (C=O) groups is 1. The quantitative estimate of drug-likeness (QED) is 0.883. The summed E-state index contributed by atoms with van der Waals surface area (Å²) in [5, 5.41) is 12.5. The van der Waals surface area contributed by atoms with E-state index in [0.29, 0.717) is 27.9 Å². The van der Waals surface area contributed by atoms with Gasteiger partial charge in [0, 0.05) is 12.3 Å². The van der Waals surface area contributed by atoms with Crippen LogP contribution < -0.4 is 14.8 Å². The second kappa shape index (κ2) is 6.32. The van der Waals surface area contributed by atoms with Crippen molar-refractivity contribution in [3.63, 3.8) is 0 Å². The van der Waals surface area contributed by atoms with Crippen LogP contribution in [0.3, 0.4) is 0 Å². The number of aromatic carboxylic acids is 1. The Labute approximate surface area is 126 Å². The number of ether oxygens (including phenoxy) is 2. The zero-order chi connectivity index (χ0) is 15.4. The highest BCUT2D eigenvalue weighted by Crippen LogP contribution is 2.37. The molecular formula is C14H13ClN2O4.